The van der Waals surface area contributed by atoms with Gasteiger partial charge in [0.2, 0.25) is 5.96 Å². The summed E-state index contributed by atoms with van der Waals surface area (Å²) in [6.07, 6.45) is 3.16. The summed E-state index contributed by atoms with van der Waals surface area (Å²) in [5, 5.41) is 15.5. The van der Waals surface area contributed by atoms with Crippen LogP contribution in [0.5, 0.6) is 0 Å². The van der Waals surface area contributed by atoms with Crippen LogP contribution in [0.2, 0.25) is 5.02 Å². The van der Waals surface area contributed by atoms with Gasteiger partial charge in [0, 0.05) is 15.1 Å². The van der Waals surface area contributed by atoms with E-state index in [1.165, 1.54) is 0 Å². The molecule has 0 aliphatic heterocycles. The van der Waals surface area contributed by atoms with Gasteiger partial charge < -0.3 is 0 Å². The molecule has 0 atom stereocenters. The predicted octanol–water partition coefficient (Wildman–Crippen LogP) is 4.85. The Hall–Kier alpha value is -3.29. The number of benzene rings is 3. The third-order valence-corrected chi connectivity index (χ3v) is 4.54. The normalized spacial score (nSPS) is 11.7. The van der Waals surface area contributed by atoms with E-state index in [-0.39, 0.29) is 11.9 Å². The summed E-state index contributed by atoms with van der Waals surface area (Å²) in [6, 6.07) is 23.5. The first-order valence-corrected chi connectivity index (χ1v) is 10.0. The minimum Gasteiger partial charge on any atom is -0.290 e. The molecule has 0 heterocycles. The molecule has 0 radical (unpaired) electrons. The van der Waals surface area contributed by atoms with Crippen LogP contribution < -0.4 is 10.7 Å². The van der Waals surface area contributed by atoms with Crippen molar-refractivity contribution in [3.05, 3.63) is 105 Å². The van der Waals surface area contributed by atoms with Crippen molar-refractivity contribution in [1.29, 1.82) is 0 Å². The Kier molecular flexibility index (Phi) is 7.88. The lowest BCUT2D eigenvalue weighted by Gasteiger charge is -2.06. The molecule has 0 saturated heterocycles. The van der Waals surface area contributed by atoms with Crippen LogP contribution in [-0.4, -0.2) is 24.3 Å². The maximum Gasteiger partial charge on any atom is 0.258 e. The molecular formula is C22H17BrClN5O. The van der Waals surface area contributed by atoms with E-state index in [4.69, 9.17) is 11.6 Å². The van der Waals surface area contributed by atoms with E-state index >= 15 is 0 Å². The number of nitrogens with zero attached hydrogens (tertiary/aromatic N) is 3. The van der Waals surface area contributed by atoms with Crippen LogP contribution in [0.1, 0.15) is 21.5 Å². The van der Waals surface area contributed by atoms with Crippen molar-refractivity contribution in [3.63, 3.8) is 0 Å². The van der Waals surface area contributed by atoms with Crippen molar-refractivity contribution in [1.82, 2.24) is 10.7 Å². The Balaban J connectivity index is 1.73. The van der Waals surface area contributed by atoms with Gasteiger partial charge in [0.15, 0.2) is 0 Å². The smallest absolute Gasteiger partial charge is 0.258 e. The number of hydrazone groups is 1. The fourth-order valence-corrected chi connectivity index (χ4v) is 2.65. The molecule has 3 aromatic carbocycles. The Morgan fingerprint density at radius 1 is 0.867 bits per heavy atom. The zero-order chi connectivity index (χ0) is 21.2. The molecule has 0 saturated carbocycles. The molecule has 0 spiro atoms. The van der Waals surface area contributed by atoms with Crippen molar-refractivity contribution in [2.24, 2.45) is 15.3 Å². The molecule has 3 aromatic rings. The predicted molar refractivity (Wildman–Crippen MR) is 125 cm³/mol. The molecule has 2 N–H and O–H groups in total. The topological polar surface area (TPSA) is 78.2 Å². The van der Waals surface area contributed by atoms with E-state index in [2.05, 4.69) is 42.0 Å². The molecule has 0 fully saturated rings. The Morgan fingerprint density at radius 2 is 1.50 bits per heavy atom. The van der Waals surface area contributed by atoms with Crippen LogP contribution >= 0.6 is 27.5 Å². The molecule has 0 aliphatic carbocycles. The summed E-state index contributed by atoms with van der Waals surface area (Å²) >= 11 is 9.27. The monoisotopic (exact) mass is 481 g/mol. The first-order valence-electron chi connectivity index (χ1n) is 8.88. The molecule has 150 valence electrons. The van der Waals surface area contributed by atoms with Crippen molar-refractivity contribution >= 4 is 51.8 Å². The molecule has 0 bridgehead atoms. The molecule has 0 aliphatic rings. The molecule has 30 heavy (non-hydrogen) atoms. The average Bonchev–Trinajstić information content (AvgIpc) is 2.77. The van der Waals surface area contributed by atoms with Gasteiger partial charge in [0.1, 0.15) is 0 Å². The van der Waals surface area contributed by atoms with Crippen LogP contribution in [0.15, 0.2) is 98.6 Å². The van der Waals surface area contributed by atoms with Crippen LogP contribution in [-0.2, 0) is 0 Å². The summed E-state index contributed by atoms with van der Waals surface area (Å²) in [5.74, 6) is -0.246. The van der Waals surface area contributed by atoms with E-state index in [1.807, 2.05) is 42.5 Å². The van der Waals surface area contributed by atoms with E-state index in [9.17, 15) is 4.79 Å². The second-order valence-electron chi connectivity index (χ2n) is 5.99. The van der Waals surface area contributed by atoms with E-state index < -0.39 is 0 Å². The third-order valence-electron chi connectivity index (χ3n) is 3.76. The number of guanidine groups is 1. The summed E-state index contributed by atoms with van der Waals surface area (Å²) < 4.78 is 0.974. The second kappa shape index (κ2) is 11.0. The number of carbonyl (C=O) groups is 1. The number of halogens is 2. The third kappa shape index (κ3) is 6.95. The maximum atomic E-state index is 12.4. The van der Waals surface area contributed by atoms with Gasteiger partial charge in [-0.15, -0.1) is 5.10 Å². The van der Waals surface area contributed by atoms with Crippen molar-refractivity contribution in [3.8, 4) is 0 Å². The lowest BCUT2D eigenvalue weighted by Crippen LogP contribution is -2.38. The molecular weight excluding hydrogens is 466 g/mol. The largest absolute Gasteiger partial charge is 0.290 e. The van der Waals surface area contributed by atoms with Crippen LogP contribution in [0.3, 0.4) is 0 Å². The minimum atomic E-state index is -0.331. The van der Waals surface area contributed by atoms with Crippen molar-refractivity contribution in [2.45, 2.75) is 0 Å². The molecule has 0 aromatic heterocycles. The van der Waals surface area contributed by atoms with E-state index in [0.29, 0.717) is 10.6 Å². The number of hydrogen-bond donors (Lipinski definition) is 2. The molecule has 0 unspecified atom stereocenters. The summed E-state index contributed by atoms with van der Waals surface area (Å²) in [4.78, 5) is 12.4. The van der Waals surface area contributed by atoms with Gasteiger partial charge in [0.25, 0.3) is 5.91 Å². The summed E-state index contributed by atoms with van der Waals surface area (Å²) in [5.41, 5.74) is 4.90. The Labute approximate surface area is 187 Å². The molecule has 6 nitrogen and oxygen atoms in total. The van der Waals surface area contributed by atoms with E-state index in [1.54, 1.807) is 48.8 Å². The van der Waals surface area contributed by atoms with Crippen molar-refractivity contribution < 1.29 is 4.79 Å². The quantitative estimate of drug-likeness (QED) is 0.310. The molecule has 8 heteroatoms. The highest BCUT2D eigenvalue weighted by Gasteiger charge is 2.07. The number of carbonyl (C=O) groups excluding carboxylic acids is 1. The standard InChI is InChI=1S/C22H17BrClN5O/c23-19-10-6-16(7-11-19)14-25-28-22(27-21(30)18-4-2-1-3-5-18)29-26-15-17-8-12-20(24)13-9-17/h1-15H,(H2,27,28,29,30)/b25-14+,26-15+. The highest BCUT2D eigenvalue weighted by Crippen LogP contribution is 2.09. The fourth-order valence-electron chi connectivity index (χ4n) is 2.26. The second-order valence-corrected chi connectivity index (χ2v) is 7.34. The van der Waals surface area contributed by atoms with Crippen LogP contribution in [0.4, 0.5) is 0 Å². The van der Waals surface area contributed by atoms with E-state index in [0.717, 1.165) is 15.6 Å². The highest BCUT2D eigenvalue weighted by molar-refractivity contribution is 9.10. The van der Waals surface area contributed by atoms with Gasteiger partial charge in [-0.3, -0.25) is 10.1 Å². The number of amides is 1. The zero-order valence-electron chi connectivity index (χ0n) is 15.7. The summed E-state index contributed by atoms with van der Waals surface area (Å²) in [7, 11) is 0. The van der Waals surface area contributed by atoms with Gasteiger partial charge >= 0.3 is 0 Å². The molecule has 1 amide bonds. The average molecular weight is 483 g/mol. The van der Waals surface area contributed by atoms with Gasteiger partial charge in [-0.05, 0) is 47.5 Å². The number of rotatable bonds is 5. The first kappa shape index (κ1) is 21.4. The number of hydrogen-bond acceptors (Lipinski definition) is 4. The highest BCUT2D eigenvalue weighted by atomic mass is 79.9. The Morgan fingerprint density at radius 3 is 2.20 bits per heavy atom. The zero-order valence-corrected chi connectivity index (χ0v) is 18.0. The van der Waals surface area contributed by atoms with Gasteiger partial charge in [0.05, 0.1) is 12.4 Å². The molecule has 3 rings (SSSR count). The number of nitrogens with one attached hydrogen (secondary N) is 2. The SMILES string of the molecule is O=C(NC(=N/N=C/c1ccc(Cl)cc1)N/N=C/c1ccc(Br)cc1)c1ccccc1. The Bertz CT molecular complexity index is 1060. The minimum absolute atomic E-state index is 0.0856. The van der Waals surface area contributed by atoms with Crippen LogP contribution in [0.25, 0.3) is 0 Å². The first-order chi connectivity index (χ1) is 14.6. The lowest BCUT2D eigenvalue weighted by atomic mass is 10.2. The lowest BCUT2D eigenvalue weighted by molar-refractivity contribution is 0.0975. The van der Waals surface area contributed by atoms with Gasteiger partial charge in [-0.1, -0.05) is 70.0 Å². The van der Waals surface area contributed by atoms with Gasteiger partial charge in [-0.25, -0.2) is 5.43 Å². The summed E-state index contributed by atoms with van der Waals surface area (Å²) in [6.45, 7) is 0. The van der Waals surface area contributed by atoms with Gasteiger partial charge in [-0.2, -0.15) is 10.2 Å². The fraction of sp³-hybridized carbons (Fsp3) is 0. The van der Waals surface area contributed by atoms with Crippen LogP contribution in [0, 0.1) is 0 Å². The van der Waals surface area contributed by atoms with Crippen molar-refractivity contribution in [2.75, 3.05) is 0 Å². The maximum absolute atomic E-state index is 12.4.